The van der Waals surface area contributed by atoms with Gasteiger partial charge in [0.25, 0.3) is 0 Å². The number of hydrogen-bond acceptors (Lipinski definition) is 4. The van der Waals surface area contributed by atoms with E-state index in [2.05, 4.69) is 27.0 Å². The van der Waals surface area contributed by atoms with Crippen LogP contribution >= 0.6 is 11.8 Å². The summed E-state index contributed by atoms with van der Waals surface area (Å²) >= 11 is 2.16. The van der Waals surface area contributed by atoms with Gasteiger partial charge in [-0.15, -0.1) is 0 Å². The Hall–Kier alpha value is -1.25. The third-order valence-corrected chi connectivity index (χ3v) is 7.94. The van der Waals surface area contributed by atoms with Gasteiger partial charge < -0.3 is 10.2 Å². The predicted octanol–water partition coefficient (Wildman–Crippen LogP) is 2.20. The smallest absolute Gasteiger partial charge is 0.238 e. The van der Waals surface area contributed by atoms with Crippen LogP contribution in [0.1, 0.15) is 37.7 Å². The van der Waals surface area contributed by atoms with E-state index in [1.54, 1.807) is 12.1 Å². The number of hydrogen-bond donors (Lipinski definition) is 2. The Balaban J connectivity index is 1.53. The average Bonchev–Trinajstić information content (AvgIpc) is 2.65. The highest BCUT2D eigenvalue weighted by atomic mass is 32.2. The van der Waals surface area contributed by atoms with Gasteiger partial charge in [-0.25, -0.2) is 13.6 Å². The van der Waals surface area contributed by atoms with Gasteiger partial charge in [0.15, 0.2) is 5.96 Å². The third-order valence-electron chi connectivity index (χ3n) is 5.47. The van der Waals surface area contributed by atoms with Crippen LogP contribution in [0.4, 0.5) is 0 Å². The molecule has 1 aromatic rings. The summed E-state index contributed by atoms with van der Waals surface area (Å²) in [7, 11) is -1.78. The molecule has 1 spiro atoms. The van der Waals surface area contributed by atoms with E-state index in [9.17, 15) is 8.42 Å². The number of benzene rings is 1. The van der Waals surface area contributed by atoms with Crippen LogP contribution in [0.15, 0.2) is 34.2 Å². The number of sulfonamides is 1. The highest BCUT2D eigenvalue weighted by Crippen LogP contribution is 2.42. The highest BCUT2D eigenvalue weighted by molar-refractivity contribution is 8.00. The van der Waals surface area contributed by atoms with Crippen LogP contribution in [0, 0.1) is 0 Å². The minimum absolute atomic E-state index is 0.151. The van der Waals surface area contributed by atoms with Crippen molar-refractivity contribution in [3.05, 3.63) is 29.8 Å². The molecule has 0 atom stereocenters. The van der Waals surface area contributed by atoms with Gasteiger partial charge in [0.2, 0.25) is 10.0 Å². The van der Waals surface area contributed by atoms with Crippen molar-refractivity contribution in [2.24, 2.45) is 10.1 Å². The SMILES string of the molecule is CN=C(NCCc1ccc(S(N)(=O)=O)cc1)N1CCSC2(CCCCC2)C1. The fourth-order valence-corrected chi connectivity index (χ4v) is 6.11. The fraction of sp³-hybridized carbons (Fsp3) is 0.632. The van der Waals surface area contributed by atoms with E-state index >= 15 is 0 Å². The molecule has 1 saturated carbocycles. The Morgan fingerprint density at radius 3 is 2.59 bits per heavy atom. The van der Waals surface area contributed by atoms with Gasteiger partial charge in [0.05, 0.1) is 4.90 Å². The van der Waals surface area contributed by atoms with Crippen molar-refractivity contribution in [1.82, 2.24) is 10.2 Å². The van der Waals surface area contributed by atoms with Crippen LogP contribution in [0.2, 0.25) is 0 Å². The molecular formula is C19H30N4O2S2. The standard InChI is InChI=1S/C19H30N4O2S2/c1-21-18(23-13-14-26-19(15-23)10-3-2-4-11-19)22-12-9-16-5-7-17(8-6-16)27(20,24)25/h5-8H,2-4,9-15H2,1H3,(H,21,22)(H2,20,24,25). The molecule has 3 N–H and O–H groups in total. The van der Waals surface area contributed by atoms with Crippen molar-refractivity contribution in [1.29, 1.82) is 0 Å². The molecule has 0 radical (unpaired) electrons. The number of primary sulfonamides is 1. The zero-order chi connectivity index (χ0) is 19.3. The topological polar surface area (TPSA) is 87.8 Å². The lowest BCUT2D eigenvalue weighted by Gasteiger charge is -2.45. The van der Waals surface area contributed by atoms with Gasteiger partial charge in [0.1, 0.15) is 0 Å². The molecule has 6 nitrogen and oxygen atoms in total. The summed E-state index contributed by atoms with van der Waals surface area (Å²) in [6.07, 6.45) is 7.52. The first kappa shape index (κ1) is 20.5. The molecule has 2 fully saturated rings. The Kier molecular flexibility index (Phi) is 6.70. The summed E-state index contributed by atoms with van der Waals surface area (Å²) in [4.78, 5) is 7.05. The lowest BCUT2D eigenvalue weighted by Crippen LogP contribution is -2.53. The van der Waals surface area contributed by atoms with E-state index in [1.165, 1.54) is 32.1 Å². The van der Waals surface area contributed by atoms with Crippen molar-refractivity contribution >= 4 is 27.7 Å². The molecule has 2 aliphatic rings. The van der Waals surface area contributed by atoms with Crippen LogP contribution in [-0.2, 0) is 16.4 Å². The molecule has 0 bridgehead atoms. The quantitative estimate of drug-likeness (QED) is 0.587. The first-order valence-corrected chi connectivity index (χ1v) is 12.2. The zero-order valence-electron chi connectivity index (χ0n) is 16.0. The minimum atomic E-state index is -3.63. The van der Waals surface area contributed by atoms with Gasteiger partial charge in [-0.1, -0.05) is 31.4 Å². The Morgan fingerprint density at radius 1 is 1.26 bits per heavy atom. The zero-order valence-corrected chi connectivity index (χ0v) is 17.6. The molecular weight excluding hydrogens is 380 g/mol. The van der Waals surface area contributed by atoms with Crippen LogP contribution in [0.25, 0.3) is 0 Å². The molecule has 0 aromatic heterocycles. The molecule has 1 aromatic carbocycles. The summed E-state index contributed by atoms with van der Waals surface area (Å²) in [6.45, 7) is 2.88. The Bertz CT molecular complexity index is 751. The number of guanidine groups is 1. The molecule has 0 amide bonds. The summed E-state index contributed by atoms with van der Waals surface area (Å²) in [5.74, 6) is 2.14. The lowest BCUT2D eigenvalue weighted by molar-refractivity contribution is 0.293. The molecule has 1 aliphatic heterocycles. The normalized spacial score (nSPS) is 20.7. The summed E-state index contributed by atoms with van der Waals surface area (Å²) in [5, 5.41) is 8.62. The maximum atomic E-state index is 11.3. The van der Waals surface area contributed by atoms with E-state index < -0.39 is 10.0 Å². The number of thioether (sulfide) groups is 1. The Labute approximate surface area is 167 Å². The third kappa shape index (κ3) is 5.39. The summed E-state index contributed by atoms with van der Waals surface area (Å²) < 4.78 is 23.1. The minimum Gasteiger partial charge on any atom is -0.356 e. The van der Waals surface area contributed by atoms with E-state index in [4.69, 9.17) is 5.14 Å². The number of rotatable bonds is 4. The average molecular weight is 411 g/mol. The van der Waals surface area contributed by atoms with Crippen molar-refractivity contribution in [3.8, 4) is 0 Å². The Morgan fingerprint density at radius 2 is 1.96 bits per heavy atom. The van der Waals surface area contributed by atoms with Crippen molar-refractivity contribution in [2.75, 3.05) is 32.4 Å². The molecule has 1 heterocycles. The number of nitrogens with two attached hydrogens (primary N) is 1. The van der Waals surface area contributed by atoms with Gasteiger partial charge in [-0.2, -0.15) is 11.8 Å². The molecule has 150 valence electrons. The summed E-state index contributed by atoms with van der Waals surface area (Å²) in [6, 6.07) is 6.76. The van der Waals surface area contributed by atoms with Crippen LogP contribution < -0.4 is 10.5 Å². The van der Waals surface area contributed by atoms with Gasteiger partial charge in [-0.05, 0) is 37.0 Å². The molecule has 27 heavy (non-hydrogen) atoms. The molecule has 8 heteroatoms. The largest absolute Gasteiger partial charge is 0.356 e. The number of nitrogens with one attached hydrogen (secondary N) is 1. The first-order chi connectivity index (χ1) is 12.9. The molecule has 0 unspecified atom stereocenters. The second-order valence-electron chi connectivity index (χ2n) is 7.43. The monoisotopic (exact) mass is 410 g/mol. The van der Waals surface area contributed by atoms with E-state index in [-0.39, 0.29) is 4.90 Å². The summed E-state index contributed by atoms with van der Waals surface area (Å²) in [5.41, 5.74) is 1.07. The first-order valence-electron chi connectivity index (χ1n) is 9.63. The van der Waals surface area contributed by atoms with E-state index in [0.717, 1.165) is 43.3 Å². The van der Waals surface area contributed by atoms with Gasteiger partial charge in [0, 0.05) is 37.2 Å². The van der Waals surface area contributed by atoms with Crippen LogP contribution in [-0.4, -0.2) is 56.5 Å². The van der Waals surface area contributed by atoms with E-state index in [1.807, 2.05) is 19.2 Å². The highest BCUT2D eigenvalue weighted by Gasteiger charge is 2.38. The van der Waals surface area contributed by atoms with Crippen molar-refractivity contribution < 1.29 is 8.42 Å². The second-order valence-corrected chi connectivity index (χ2v) is 10.6. The van der Waals surface area contributed by atoms with Gasteiger partial charge >= 0.3 is 0 Å². The maximum absolute atomic E-state index is 11.3. The predicted molar refractivity (Wildman–Crippen MR) is 113 cm³/mol. The van der Waals surface area contributed by atoms with E-state index in [0.29, 0.717) is 4.75 Å². The van der Waals surface area contributed by atoms with Crippen molar-refractivity contribution in [3.63, 3.8) is 0 Å². The molecule has 1 saturated heterocycles. The van der Waals surface area contributed by atoms with Crippen LogP contribution in [0.5, 0.6) is 0 Å². The molecule has 1 aliphatic carbocycles. The van der Waals surface area contributed by atoms with Gasteiger partial charge in [-0.3, -0.25) is 4.99 Å². The lowest BCUT2D eigenvalue weighted by atomic mass is 9.87. The molecule has 3 rings (SSSR count). The number of aliphatic imine (C=N–C) groups is 1. The fourth-order valence-electron chi connectivity index (χ4n) is 4.02. The number of nitrogens with zero attached hydrogens (tertiary/aromatic N) is 2. The van der Waals surface area contributed by atoms with Crippen molar-refractivity contribution in [2.45, 2.75) is 48.2 Å². The van der Waals surface area contributed by atoms with Crippen LogP contribution in [0.3, 0.4) is 0 Å². The second kappa shape index (κ2) is 8.84. The maximum Gasteiger partial charge on any atom is 0.238 e.